The monoisotopic (exact) mass is 352 g/mol. The van der Waals surface area contributed by atoms with Crippen molar-refractivity contribution in [3.63, 3.8) is 0 Å². The number of hydrogen-bond donors (Lipinski definition) is 0. The van der Waals surface area contributed by atoms with Crippen LogP contribution in [0.2, 0.25) is 0 Å². The quantitative estimate of drug-likeness (QED) is 0.337. The highest BCUT2D eigenvalue weighted by Gasteiger charge is 2.30. The van der Waals surface area contributed by atoms with Gasteiger partial charge >= 0.3 is 17.9 Å². The molecule has 1 rings (SSSR count). The number of allylic oxidation sites excluding steroid dienone is 2. The van der Waals surface area contributed by atoms with Gasteiger partial charge in [-0.25, -0.2) is 4.79 Å². The lowest BCUT2D eigenvalue weighted by Gasteiger charge is -2.11. The molecule has 0 aromatic carbocycles. The topological polar surface area (TPSA) is 96.0 Å². The van der Waals surface area contributed by atoms with Crippen molar-refractivity contribution in [1.82, 2.24) is 0 Å². The van der Waals surface area contributed by atoms with Crippen LogP contribution in [0.1, 0.15) is 46.5 Å². The van der Waals surface area contributed by atoms with Crippen molar-refractivity contribution in [2.75, 3.05) is 19.8 Å². The minimum atomic E-state index is -0.542. The summed E-state index contributed by atoms with van der Waals surface area (Å²) in [5.74, 6) is -1.44. The van der Waals surface area contributed by atoms with Crippen molar-refractivity contribution < 1.29 is 33.4 Å². The normalized spacial score (nSPS) is 13.7. The van der Waals surface area contributed by atoms with Crippen molar-refractivity contribution >= 4 is 24.2 Å². The molecule has 0 aromatic heterocycles. The van der Waals surface area contributed by atoms with E-state index in [2.05, 4.69) is 0 Å². The van der Waals surface area contributed by atoms with E-state index in [0.29, 0.717) is 28.6 Å². The second-order valence-corrected chi connectivity index (χ2v) is 5.26. The Balaban J connectivity index is 3.10. The van der Waals surface area contributed by atoms with Gasteiger partial charge in [-0.05, 0) is 38.3 Å². The minimum absolute atomic E-state index is 0.0462. The Morgan fingerprint density at radius 2 is 1.52 bits per heavy atom. The Labute approximate surface area is 147 Å². The van der Waals surface area contributed by atoms with Gasteiger partial charge in [0.2, 0.25) is 0 Å². The van der Waals surface area contributed by atoms with Gasteiger partial charge in [0, 0.05) is 24.0 Å². The van der Waals surface area contributed by atoms with E-state index in [4.69, 9.17) is 14.2 Å². The molecule has 25 heavy (non-hydrogen) atoms. The van der Waals surface area contributed by atoms with Crippen LogP contribution in [0.25, 0.3) is 0 Å². The number of esters is 3. The van der Waals surface area contributed by atoms with Crippen molar-refractivity contribution in [2.24, 2.45) is 0 Å². The van der Waals surface area contributed by atoms with E-state index in [0.717, 1.165) is 0 Å². The van der Waals surface area contributed by atoms with Gasteiger partial charge in [0.25, 0.3) is 0 Å². The third-order valence-electron chi connectivity index (χ3n) is 3.66. The number of carbonyl (C=O) groups excluding carboxylic acids is 4. The van der Waals surface area contributed by atoms with Crippen molar-refractivity contribution in [2.45, 2.75) is 46.5 Å². The molecule has 0 radical (unpaired) electrons. The Morgan fingerprint density at radius 3 is 2.08 bits per heavy atom. The maximum Gasteiger partial charge on any atom is 0.334 e. The van der Waals surface area contributed by atoms with Gasteiger partial charge in [0.05, 0.1) is 26.2 Å². The molecule has 0 fully saturated rings. The van der Waals surface area contributed by atoms with Crippen LogP contribution in [0.3, 0.4) is 0 Å². The molecule has 138 valence electrons. The molecule has 7 nitrogen and oxygen atoms in total. The highest BCUT2D eigenvalue weighted by Crippen LogP contribution is 2.37. The van der Waals surface area contributed by atoms with Gasteiger partial charge in [0.1, 0.15) is 6.29 Å². The molecule has 0 spiro atoms. The molecule has 0 saturated carbocycles. The lowest BCUT2D eigenvalue weighted by molar-refractivity contribution is -0.143. The molecule has 1 aliphatic carbocycles. The van der Waals surface area contributed by atoms with E-state index in [1.165, 1.54) is 0 Å². The molecule has 0 atom stereocenters. The van der Waals surface area contributed by atoms with Crippen LogP contribution in [0, 0.1) is 0 Å². The van der Waals surface area contributed by atoms with E-state index in [9.17, 15) is 19.2 Å². The first-order chi connectivity index (χ1) is 12.0. The number of carbonyl (C=O) groups is 4. The zero-order valence-electron chi connectivity index (χ0n) is 14.9. The van der Waals surface area contributed by atoms with Gasteiger partial charge in [0.15, 0.2) is 0 Å². The molecular weight excluding hydrogens is 328 g/mol. The van der Waals surface area contributed by atoms with E-state index >= 15 is 0 Å². The van der Waals surface area contributed by atoms with Crippen LogP contribution in [0.5, 0.6) is 0 Å². The average molecular weight is 352 g/mol. The first-order valence-electron chi connectivity index (χ1n) is 8.36. The molecule has 0 bridgehead atoms. The van der Waals surface area contributed by atoms with Gasteiger partial charge in [-0.1, -0.05) is 0 Å². The fraction of sp³-hybridized carbons (Fsp3) is 0.556. The Kier molecular flexibility index (Phi) is 8.60. The van der Waals surface area contributed by atoms with Gasteiger partial charge in [-0.15, -0.1) is 0 Å². The summed E-state index contributed by atoms with van der Waals surface area (Å²) >= 11 is 0. The van der Waals surface area contributed by atoms with Crippen LogP contribution in [0.15, 0.2) is 22.3 Å². The first kappa shape index (κ1) is 20.6. The summed E-state index contributed by atoms with van der Waals surface area (Å²) in [6, 6.07) is 0. The van der Waals surface area contributed by atoms with E-state index in [1.54, 1.807) is 20.8 Å². The van der Waals surface area contributed by atoms with Gasteiger partial charge in [-0.2, -0.15) is 0 Å². The summed E-state index contributed by atoms with van der Waals surface area (Å²) in [6.07, 6.45) is 0.840. The number of rotatable bonds is 10. The van der Waals surface area contributed by atoms with Crippen LogP contribution >= 0.6 is 0 Å². The molecule has 0 saturated heterocycles. The average Bonchev–Trinajstić information content (AvgIpc) is 2.91. The molecule has 0 aliphatic heterocycles. The summed E-state index contributed by atoms with van der Waals surface area (Å²) in [5.41, 5.74) is 1.60. The predicted molar refractivity (Wildman–Crippen MR) is 88.5 cm³/mol. The molecule has 0 unspecified atom stereocenters. The van der Waals surface area contributed by atoms with Gasteiger partial charge in [-0.3, -0.25) is 14.4 Å². The first-order valence-corrected chi connectivity index (χ1v) is 8.36. The fourth-order valence-electron chi connectivity index (χ4n) is 2.64. The van der Waals surface area contributed by atoms with Crippen LogP contribution < -0.4 is 0 Å². The summed E-state index contributed by atoms with van der Waals surface area (Å²) in [5, 5.41) is 0. The Morgan fingerprint density at radius 1 is 0.920 bits per heavy atom. The summed E-state index contributed by atoms with van der Waals surface area (Å²) in [7, 11) is 0. The summed E-state index contributed by atoms with van der Waals surface area (Å²) < 4.78 is 14.9. The number of aldehydes is 1. The summed E-state index contributed by atoms with van der Waals surface area (Å²) in [6.45, 7) is 5.73. The zero-order valence-corrected chi connectivity index (χ0v) is 14.9. The Bertz CT molecular complexity index is 599. The maximum absolute atomic E-state index is 12.2. The maximum atomic E-state index is 12.2. The van der Waals surface area contributed by atoms with Gasteiger partial charge < -0.3 is 14.2 Å². The summed E-state index contributed by atoms with van der Waals surface area (Å²) in [4.78, 5) is 47.1. The van der Waals surface area contributed by atoms with Crippen molar-refractivity contribution in [3.05, 3.63) is 22.3 Å². The molecule has 1 aliphatic rings. The number of hydrogen-bond acceptors (Lipinski definition) is 7. The fourth-order valence-corrected chi connectivity index (χ4v) is 2.64. The van der Waals surface area contributed by atoms with E-state index < -0.39 is 17.9 Å². The van der Waals surface area contributed by atoms with Crippen LogP contribution in [-0.2, 0) is 33.4 Å². The molecule has 0 amide bonds. The van der Waals surface area contributed by atoms with Crippen LogP contribution in [0.4, 0.5) is 0 Å². The van der Waals surface area contributed by atoms with E-state index in [1.807, 2.05) is 0 Å². The minimum Gasteiger partial charge on any atom is -0.466 e. The van der Waals surface area contributed by atoms with Crippen molar-refractivity contribution in [3.8, 4) is 0 Å². The third-order valence-corrected chi connectivity index (χ3v) is 3.66. The second-order valence-electron chi connectivity index (χ2n) is 5.26. The lowest BCUT2D eigenvalue weighted by atomic mass is 9.97. The Hall–Kier alpha value is -2.44. The second kappa shape index (κ2) is 10.4. The highest BCUT2D eigenvalue weighted by molar-refractivity contribution is 5.97. The van der Waals surface area contributed by atoms with Crippen LogP contribution in [-0.4, -0.2) is 44.0 Å². The van der Waals surface area contributed by atoms with Crippen molar-refractivity contribution in [1.29, 1.82) is 0 Å². The zero-order chi connectivity index (χ0) is 18.8. The smallest absolute Gasteiger partial charge is 0.334 e. The molecular formula is C18H24O7. The molecule has 0 aromatic rings. The highest BCUT2D eigenvalue weighted by atomic mass is 16.5. The molecule has 7 heteroatoms. The lowest BCUT2D eigenvalue weighted by Crippen LogP contribution is -2.11. The SMILES string of the molecule is CCOC(=O)CCC1=C(C(=O)OCC)CC(C=O)=C1CC(=O)OCC. The molecule has 0 heterocycles. The standard InChI is InChI=1S/C18H24O7/c1-4-23-16(20)8-7-13-14(10-17(21)24-5-2)12(11-19)9-15(13)18(22)25-6-3/h11H,4-10H2,1-3H3. The number of ether oxygens (including phenoxy) is 3. The predicted octanol–water partition coefficient (Wildman–Crippen LogP) is 2.04. The largest absolute Gasteiger partial charge is 0.466 e. The van der Waals surface area contributed by atoms with E-state index in [-0.39, 0.29) is 45.5 Å². The molecule has 0 N–H and O–H groups in total. The third kappa shape index (κ3) is 5.85.